The molecule has 6 aromatic rings. The summed E-state index contributed by atoms with van der Waals surface area (Å²) in [5.41, 5.74) is 15.8. The molecule has 5 heterocycles. The third kappa shape index (κ3) is 9.32. The number of hydrogen-bond acceptors (Lipinski definition) is 7. The Kier molecular flexibility index (Phi) is 15.8. The summed E-state index contributed by atoms with van der Waals surface area (Å²) in [7, 11) is 1.00. The first-order valence-electron chi connectivity index (χ1n) is 18.1. The molecule has 0 radical (unpaired) electrons. The maximum atomic E-state index is 14.8. The van der Waals surface area contributed by atoms with Crippen molar-refractivity contribution in [3.05, 3.63) is 100 Å². The predicted molar refractivity (Wildman–Crippen MR) is 213 cm³/mol. The third-order valence-corrected chi connectivity index (χ3v) is 8.28. The van der Waals surface area contributed by atoms with Gasteiger partial charge in [0.05, 0.1) is 18.4 Å². The molecule has 7 rings (SSSR count). The molecular formula is C41H54FN7O4. The molecule has 1 aliphatic rings. The molecule has 0 aliphatic carbocycles. The van der Waals surface area contributed by atoms with Gasteiger partial charge in [-0.25, -0.2) is 8.91 Å². The Balaban J connectivity index is 0.000000255. The van der Waals surface area contributed by atoms with Crippen LogP contribution in [0, 0.1) is 33.5 Å². The van der Waals surface area contributed by atoms with Crippen LogP contribution in [-0.4, -0.2) is 55.8 Å². The lowest BCUT2D eigenvalue weighted by atomic mass is 10.0. The number of carbonyl (C=O) groups excluding carboxylic acids is 1. The van der Waals surface area contributed by atoms with E-state index in [0.29, 0.717) is 29.6 Å². The molecular weight excluding hydrogens is 673 g/mol. The van der Waals surface area contributed by atoms with Crippen molar-refractivity contribution < 1.29 is 23.8 Å². The molecule has 4 aromatic heterocycles. The molecule has 284 valence electrons. The molecule has 2 aromatic carbocycles. The molecule has 0 saturated heterocycles. The molecule has 1 amide bonds. The number of para-hydroxylation sites is 1. The number of rotatable bonds is 8. The third-order valence-electron chi connectivity index (χ3n) is 8.28. The molecule has 0 unspecified atom stereocenters. The number of amides is 1. The Labute approximate surface area is 311 Å². The summed E-state index contributed by atoms with van der Waals surface area (Å²) in [4.78, 5) is 22.8. The lowest BCUT2D eigenvalue weighted by Gasteiger charge is -2.08. The van der Waals surface area contributed by atoms with Crippen LogP contribution in [0.3, 0.4) is 0 Å². The van der Waals surface area contributed by atoms with E-state index < -0.39 is 5.82 Å². The summed E-state index contributed by atoms with van der Waals surface area (Å²) in [5.74, 6) is 0.649. The highest BCUT2D eigenvalue weighted by molar-refractivity contribution is 6.34. The van der Waals surface area contributed by atoms with Gasteiger partial charge in [-0.1, -0.05) is 52.8 Å². The van der Waals surface area contributed by atoms with Crippen LogP contribution in [-0.2, 0) is 11.2 Å². The zero-order valence-electron chi connectivity index (χ0n) is 32.6. The number of aliphatic hydroxyl groups excluding tert-OH is 1. The van der Waals surface area contributed by atoms with Crippen LogP contribution >= 0.6 is 0 Å². The zero-order chi connectivity index (χ0) is 39.2. The number of H-pyrrole nitrogens is 2. The number of nitrogens with zero attached hydrogens (tertiary/aromatic N) is 3. The van der Waals surface area contributed by atoms with Crippen molar-refractivity contribution in [3.8, 4) is 17.4 Å². The highest BCUT2D eigenvalue weighted by Gasteiger charge is 2.24. The SMILES string of the molecule is CC.CC.CCCOc1cn2ncnc(Oc3ccc4[nH]c(C)cc4c3F)c2c1C.CO.Cc1[nH]c(/C=C2\C(=O)Nc3ccccc32)c(C)c1CCN. The van der Waals surface area contributed by atoms with E-state index in [1.807, 2.05) is 85.7 Å². The summed E-state index contributed by atoms with van der Waals surface area (Å²) in [6, 6.07) is 12.9. The second kappa shape index (κ2) is 20.0. The van der Waals surface area contributed by atoms with Gasteiger partial charge in [0.2, 0.25) is 5.88 Å². The van der Waals surface area contributed by atoms with E-state index in [0.717, 1.165) is 65.1 Å². The number of hydrogen-bond donors (Lipinski definition) is 5. The number of aromatic amines is 2. The Bertz CT molecular complexity index is 2150. The summed E-state index contributed by atoms with van der Waals surface area (Å²) in [6.07, 6.45) is 6.85. The van der Waals surface area contributed by atoms with Crippen LogP contribution in [0.4, 0.5) is 10.1 Å². The van der Waals surface area contributed by atoms with E-state index in [1.54, 1.807) is 28.9 Å². The van der Waals surface area contributed by atoms with Crippen molar-refractivity contribution in [3.63, 3.8) is 0 Å². The first-order chi connectivity index (χ1) is 25.7. The van der Waals surface area contributed by atoms with E-state index in [2.05, 4.69) is 32.3 Å². The number of fused-ring (bicyclic) bond motifs is 3. The number of ether oxygens (including phenoxy) is 2. The number of anilines is 1. The van der Waals surface area contributed by atoms with Crippen LogP contribution in [0.1, 0.15) is 80.4 Å². The van der Waals surface area contributed by atoms with Crippen LogP contribution in [0.2, 0.25) is 0 Å². The van der Waals surface area contributed by atoms with Gasteiger partial charge < -0.3 is 35.6 Å². The van der Waals surface area contributed by atoms with Crippen molar-refractivity contribution in [2.45, 2.75) is 75.2 Å². The van der Waals surface area contributed by atoms with Gasteiger partial charge in [-0.2, -0.15) is 10.1 Å². The molecule has 11 nitrogen and oxygen atoms in total. The minimum absolute atomic E-state index is 0.0526. The van der Waals surface area contributed by atoms with Crippen molar-refractivity contribution in [1.29, 1.82) is 0 Å². The average Bonchev–Trinajstić information content (AvgIpc) is 3.90. The average molecular weight is 728 g/mol. The van der Waals surface area contributed by atoms with Crippen LogP contribution in [0.25, 0.3) is 28.1 Å². The molecule has 0 spiro atoms. The molecule has 6 N–H and O–H groups in total. The molecule has 0 fully saturated rings. The Morgan fingerprint density at radius 3 is 2.40 bits per heavy atom. The number of aromatic nitrogens is 5. The van der Waals surface area contributed by atoms with Crippen LogP contribution in [0.5, 0.6) is 17.4 Å². The van der Waals surface area contributed by atoms with Crippen molar-refractivity contribution in [2.24, 2.45) is 5.73 Å². The van der Waals surface area contributed by atoms with E-state index in [1.165, 1.54) is 17.5 Å². The highest BCUT2D eigenvalue weighted by Crippen LogP contribution is 2.35. The lowest BCUT2D eigenvalue weighted by Crippen LogP contribution is -2.04. The summed E-state index contributed by atoms with van der Waals surface area (Å²) in [5, 5.41) is 14.6. The fraction of sp³-hybridized carbons (Fsp3) is 0.341. The highest BCUT2D eigenvalue weighted by atomic mass is 19.1. The molecule has 1 aliphatic heterocycles. The molecule has 12 heteroatoms. The minimum Gasteiger partial charge on any atom is -0.492 e. The molecule has 0 saturated carbocycles. The number of nitrogens with two attached hydrogens (primary N) is 1. The first-order valence-corrected chi connectivity index (χ1v) is 18.1. The normalized spacial score (nSPS) is 12.0. The van der Waals surface area contributed by atoms with E-state index in [-0.39, 0.29) is 17.5 Å². The van der Waals surface area contributed by atoms with Gasteiger partial charge >= 0.3 is 0 Å². The maximum absolute atomic E-state index is 14.8. The smallest absolute Gasteiger partial charge is 0.256 e. The summed E-state index contributed by atoms with van der Waals surface area (Å²) in [6.45, 7) is 19.2. The van der Waals surface area contributed by atoms with Gasteiger partial charge in [-0.05, 0) is 88.5 Å². The quantitative estimate of drug-likeness (QED) is 0.0981. The van der Waals surface area contributed by atoms with Crippen molar-refractivity contribution >= 4 is 39.7 Å². The Hall–Kier alpha value is -5.46. The largest absolute Gasteiger partial charge is 0.492 e. The lowest BCUT2D eigenvalue weighted by molar-refractivity contribution is -0.110. The van der Waals surface area contributed by atoms with Gasteiger partial charge in [0.15, 0.2) is 11.6 Å². The van der Waals surface area contributed by atoms with Crippen molar-refractivity contribution in [1.82, 2.24) is 24.6 Å². The summed E-state index contributed by atoms with van der Waals surface area (Å²) >= 11 is 0. The second-order valence-electron chi connectivity index (χ2n) is 11.6. The number of halogens is 1. The number of aliphatic hydroxyl groups is 1. The zero-order valence-corrected chi connectivity index (χ0v) is 32.6. The number of nitrogens with one attached hydrogen (secondary N) is 3. The van der Waals surface area contributed by atoms with E-state index >= 15 is 0 Å². The number of aryl methyl sites for hydroxylation is 3. The number of carbonyl (C=O) groups is 1. The van der Waals surface area contributed by atoms with Crippen LogP contribution in [0.15, 0.2) is 55.0 Å². The maximum Gasteiger partial charge on any atom is 0.256 e. The fourth-order valence-electron chi connectivity index (χ4n) is 5.91. The fourth-order valence-corrected chi connectivity index (χ4v) is 5.91. The Morgan fingerprint density at radius 2 is 1.70 bits per heavy atom. The van der Waals surface area contributed by atoms with E-state index in [4.69, 9.17) is 20.3 Å². The van der Waals surface area contributed by atoms with Gasteiger partial charge in [0.25, 0.3) is 5.91 Å². The monoisotopic (exact) mass is 727 g/mol. The minimum atomic E-state index is -0.421. The predicted octanol–water partition coefficient (Wildman–Crippen LogP) is 8.83. The summed E-state index contributed by atoms with van der Waals surface area (Å²) < 4.78 is 28.0. The van der Waals surface area contributed by atoms with Crippen molar-refractivity contribution in [2.75, 3.05) is 25.6 Å². The second-order valence-corrected chi connectivity index (χ2v) is 11.6. The Morgan fingerprint density at radius 1 is 0.981 bits per heavy atom. The van der Waals surface area contributed by atoms with Gasteiger partial charge in [-0.3, -0.25) is 4.79 Å². The van der Waals surface area contributed by atoms with Gasteiger partial charge in [-0.15, -0.1) is 0 Å². The molecule has 0 bridgehead atoms. The van der Waals surface area contributed by atoms with E-state index in [9.17, 15) is 9.18 Å². The van der Waals surface area contributed by atoms with Crippen LogP contribution < -0.4 is 20.5 Å². The van der Waals surface area contributed by atoms with Gasteiger partial charge in [0.1, 0.15) is 17.6 Å². The topological polar surface area (TPSA) is 156 Å². The number of benzene rings is 2. The van der Waals surface area contributed by atoms with Gasteiger partial charge in [0, 0.05) is 51.9 Å². The standard InChI is InChI=1S/C19H19FN4O2.C17H19N3O.2C2H6.CH4O/c1-4-7-25-16-9-24-18(12(16)3)19(21-10-22-24)26-15-6-5-14-13(17(15)20)8-11(2)23-14;1-10-12(7-8-18)11(2)19-16(10)9-14-13-5-3-4-6-15(13)20-17(14)21;3*1-2/h5-6,8-10,23H,4,7H2,1-3H3;3-6,9,19H,7-8,18H2,1-2H3,(H,20,21);2*1-2H3;2H,1H3/b;14-9-;;;. The first kappa shape index (κ1) is 42.0. The molecule has 0 atom stereocenters. The molecule has 53 heavy (non-hydrogen) atoms.